The number of esters is 1. The van der Waals surface area contributed by atoms with Gasteiger partial charge in [-0.1, -0.05) is 231 Å². The number of carbonyl (C=O) groups is 2. The van der Waals surface area contributed by atoms with Gasteiger partial charge in [-0.2, -0.15) is 0 Å². The normalized spacial score (nSPS) is 12.8. The summed E-state index contributed by atoms with van der Waals surface area (Å²) in [5.41, 5.74) is 0. The highest BCUT2D eigenvalue weighted by atomic mass is 16.5. The van der Waals surface area contributed by atoms with E-state index in [-0.39, 0.29) is 18.5 Å². The average Bonchev–Trinajstić information content (AvgIpc) is 3.22. The number of aliphatic hydroxyl groups excluding tert-OH is 2. The molecule has 6 heteroatoms. The van der Waals surface area contributed by atoms with Crippen molar-refractivity contribution in [3.05, 3.63) is 24.3 Å². The molecule has 6 nitrogen and oxygen atoms in total. The highest BCUT2D eigenvalue weighted by Gasteiger charge is 2.20. The number of hydrogen-bond donors (Lipinski definition) is 3. The molecule has 2 atom stereocenters. The number of rotatable bonds is 47. The number of nitrogens with one attached hydrogen (secondary N) is 1. The lowest BCUT2D eigenvalue weighted by molar-refractivity contribution is -0.143. The summed E-state index contributed by atoms with van der Waals surface area (Å²) in [5, 5.41) is 23.1. The van der Waals surface area contributed by atoms with Crippen molar-refractivity contribution in [2.75, 3.05) is 13.2 Å². The third kappa shape index (κ3) is 43.9. The summed E-state index contributed by atoms with van der Waals surface area (Å²) in [7, 11) is 0. The van der Waals surface area contributed by atoms with Crippen LogP contribution < -0.4 is 5.32 Å². The SMILES string of the molecule is CCCC/C=C\C/C=C\CCCCCCCC(=O)OCCCCCCCCCCCCCCCCCCCCC(=O)NC(CO)C(O)CCCCCCCCCCC. The number of hydrogen-bond acceptors (Lipinski definition) is 5. The van der Waals surface area contributed by atoms with Crippen LogP contribution in [0.2, 0.25) is 0 Å². The van der Waals surface area contributed by atoms with E-state index >= 15 is 0 Å². The van der Waals surface area contributed by atoms with Gasteiger partial charge in [0.05, 0.1) is 25.4 Å². The largest absolute Gasteiger partial charge is 0.466 e. The Morgan fingerprint density at radius 3 is 1.36 bits per heavy atom. The molecule has 0 aliphatic rings. The zero-order valence-electron chi connectivity index (χ0n) is 38.8. The fraction of sp³-hybridized carbons (Fsp3) is 0.885. The number of unbranched alkanes of at least 4 members (excludes halogenated alkanes) is 32. The Labute approximate surface area is 361 Å². The van der Waals surface area contributed by atoms with Crippen LogP contribution in [0.25, 0.3) is 0 Å². The lowest BCUT2D eigenvalue weighted by atomic mass is 10.0. The van der Waals surface area contributed by atoms with E-state index in [1.54, 1.807) is 0 Å². The summed E-state index contributed by atoms with van der Waals surface area (Å²) >= 11 is 0. The van der Waals surface area contributed by atoms with Gasteiger partial charge in [0.25, 0.3) is 0 Å². The Kier molecular flexibility index (Phi) is 46.6. The number of amides is 1. The quantitative estimate of drug-likeness (QED) is 0.0323. The summed E-state index contributed by atoms with van der Waals surface area (Å²) in [6.07, 6.45) is 55.8. The van der Waals surface area contributed by atoms with Crippen molar-refractivity contribution in [3.63, 3.8) is 0 Å². The molecule has 0 bridgehead atoms. The van der Waals surface area contributed by atoms with Crippen LogP contribution in [-0.4, -0.2) is 47.4 Å². The molecule has 0 radical (unpaired) electrons. The average molecular weight is 818 g/mol. The van der Waals surface area contributed by atoms with Crippen LogP contribution in [0.3, 0.4) is 0 Å². The third-order valence-corrected chi connectivity index (χ3v) is 11.8. The molecule has 0 heterocycles. The molecule has 0 aromatic heterocycles. The third-order valence-electron chi connectivity index (χ3n) is 11.8. The first-order valence-corrected chi connectivity index (χ1v) is 25.6. The molecule has 0 aliphatic carbocycles. The predicted molar refractivity (Wildman–Crippen MR) is 250 cm³/mol. The van der Waals surface area contributed by atoms with Crippen LogP contribution in [0.4, 0.5) is 0 Å². The first-order chi connectivity index (χ1) is 28.5. The van der Waals surface area contributed by atoms with Crippen LogP contribution in [0, 0.1) is 0 Å². The minimum Gasteiger partial charge on any atom is -0.466 e. The van der Waals surface area contributed by atoms with E-state index in [1.165, 1.54) is 186 Å². The molecule has 0 aromatic rings. The second-order valence-electron chi connectivity index (χ2n) is 17.5. The van der Waals surface area contributed by atoms with Crippen molar-refractivity contribution in [3.8, 4) is 0 Å². The molecule has 2 unspecified atom stereocenters. The standard InChI is InChI=1S/C52H99NO5/c1-3-5-7-9-11-13-14-15-23-26-30-34-38-42-46-52(57)58-47-43-39-35-31-27-24-21-19-17-16-18-20-22-25-29-33-37-41-45-51(56)53-49(48-54)50(55)44-40-36-32-28-12-10-8-6-4-2/h9,11,14-15,49-50,54-55H,3-8,10,12-13,16-48H2,1-2H3,(H,53,56)/b11-9-,15-14-. The van der Waals surface area contributed by atoms with Crippen LogP contribution in [0.5, 0.6) is 0 Å². The zero-order chi connectivity index (χ0) is 42.3. The van der Waals surface area contributed by atoms with Gasteiger partial charge in [-0.25, -0.2) is 0 Å². The lowest BCUT2D eigenvalue weighted by Gasteiger charge is -2.22. The molecular weight excluding hydrogens is 719 g/mol. The van der Waals surface area contributed by atoms with Gasteiger partial charge in [0.15, 0.2) is 0 Å². The number of allylic oxidation sites excluding steroid dienone is 4. The molecule has 342 valence electrons. The number of ether oxygens (including phenoxy) is 1. The van der Waals surface area contributed by atoms with Crippen LogP contribution in [0.15, 0.2) is 24.3 Å². The monoisotopic (exact) mass is 818 g/mol. The number of aliphatic hydroxyl groups is 2. The molecule has 0 saturated carbocycles. The van der Waals surface area contributed by atoms with Gasteiger partial charge in [0, 0.05) is 12.8 Å². The summed E-state index contributed by atoms with van der Waals surface area (Å²) in [4.78, 5) is 24.4. The highest BCUT2D eigenvalue weighted by Crippen LogP contribution is 2.16. The van der Waals surface area contributed by atoms with Gasteiger partial charge in [-0.15, -0.1) is 0 Å². The first-order valence-electron chi connectivity index (χ1n) is 25.6. The molecule has 0 aromatic carbocycles. The molecule has 0 rings (SSSR count). The van der Waals surface area contributed by atoms with E-state index < -0.39 is 12.1 Å². The van der Waals surface area contributed by atoms with Gasteiger partial charge in [0.1, 0.15) is 0 Å². The Bertz CT molecular complexity index is 904. The Balaban J connectivity index is 3.39. The Morgan fingerprint density at radius 2 is 0.879 bits per heavy atom. The maximum absolute atomic E-state index is 12.4. The van der Waals surface area contributed by atoms with Crippen molar-refractivity contribution >= 4 is 11.9 Å². The van der Waals surface area contributed by atoms with E-state index in [4.69, 9.17) is 4.74 Å². The van der Waals surface area contributed by atoms with E-state index in [9.17, 15) is 19.8 Å². The fourth-order valence-corrected chi connectivity index (χ4v) is 7.77. The minimum atomic E-state index is -0.664. The second-order valence-corrected chi connectivity index (χ2v) is 17.5. The first kappa shape index (κ1) is 56.3. The molecule has 3 N–H and O–H groups in total. The highest BCUT2D eigenvalue weighted by molar-refractivity contribution is 5.76. The van der Waals surface area contributed by atoms with Gasteiger partial charge in [0.2, 0.25) is 5.91 Å². The summed E-state index contributed by atoms with van der Waals surface area (Å²) < 4.78 is 5.46. The van der Waals surface area contributed by atoms with E-state index in [0.29, 0.717) is 25.9 Å². The van der Waals surface area contributed by atoms with E-state index in [0.717, 1.165) is 51.4 Å². The maximum atomic E-state index is 12.4. The molecular formula is C52H99NO5. The Hall–Kier alpha value is -1.66. The smallest absolute Gasteiger partial charge is 0.305 e. The predicted octanol–water partition coefficient (Wildman–Crippen LogP) is 15.1. The fourth-order valence-electron chi connectivity index (χ4n) is 7.77. The maximum Gasteiger partial charge on any atom is 0.305 e. The Morgan fingerprint density at radius 1 is 0.483 bits per heavy atom. The zero-order valence-corrected chi connectivity index (χ0v) is 38.8. The van der Waals surface area contributed by atoms with Crippen LogP contribution in [-0.2, 0) is 14.3 Å². The van der Waals surface area contributed by atoms with Crippen molar-refractivity contribution in [2.45, 2.75) is 283 Å². The van der Waals surface area contributed by atoms with Gasteiger partial charge in [-0.05, 0) is 51.4 Å². The summed E-state index contributed by atoms with van der Waals surface area (Å²) in [6, 6.07) is -0.542. The molecule has 0 aliphatic heterocycles. The van der Waals surface area contributed by atoms with Gasteiger partial charge >= 0.3 is 5.97 Å². The summed E-state index contributed by atoms with van der Waals surface area (Å²) in [6.45, 7) is 4.87. The topological polar surface area (TPSA) is 95.9 Å². The summed E-state index contributed by atoms with van der Waals surface area (Å²) in [5.74, 6) is -0.0499. The van der Waals surface area contributed by atoms with Gasteiger partial charge < -0.3 is 20.3 Å². The second kappa shape index (κ2) is 48.0. The molecule has 0 fully saturated rings. The lowest BCUT2D eigenvalue weighted by Crippen LogP contribution is -2.45. The van der Waals surface area contributed by atoms with Crippen LogP contribution >= 0.6 is 0 Å². The number of carbonyl (C=O) groups excluding carboxylic acids is 2. The molecule has 0 saturated heterocycles. The van der Waals surface area contributed by atoms with E-state index in [2.05, 4.69) is 43.5 Å². The van der Waals surface area contributed by atoms with Crippen LogP contribution in [0.1, 0.15) is 271 Å². The van der Waals surface area contributed by atoms with Gasteiger partial charge in [-0.3, -0.25) is 9.59 Å². The van der Waals surface area contributed by atoms with Crippen molar-refractivity contribution in [1.29, 1.82) is 0 Å². The van der Waals surface area contributed by atoms with Crippen molar-refractivity contribution < 1.29 is 24.5 Å². The molecule has 0 spiro atoms. The van der Waals surface area contributed by atoms with Crippen molar-refractivity contribution in [1.82, 2.24) is 5.32 Å². The van der Waals surface area contributed by atoms with E-state index in [1.807, 2.05) is 0 Å². The van der Waals surface area contributed by atoms with Crippen molar-refractivity contribution in [2.24, 2.45) is 0 Å². The molecule has 58 heavy (non-hydrogen) atoms. The minimum absolute atomic E-state index is 0.00779. The molecule has 1 amide bonds.